The van der Waals surface area contributed by atoms with Gasteiger partial charge in [0.2, 0.25) is 5.89 Å². The maximum absolute atomic E-state index is 9.08. The molecule has 0 aliphatic rings. The van der Waals surface area contributed by atoms with Crippen molar-refractivity contribution in [3.05, 3.63) is 42.3 Å². The summed E-state index contributed by atoms with van der Waals surface area (Å²) in [5, 5.41) is 9.08. The lowest BCUT2D eigenvalue weighted by Gasteiger charge is -2.21. The Kier molecular flexibility index (Phi) is 4.12. The summed E-state index contributed by atoms with van der Waals surface area (Å²) in [7, 11) is 1.96. The Balaban J connectivity index is 2.07. The van der Waals surface area contributed by atoms with Crippen LogP contribution in [-0.2, 0) is 6.54 Å². The van der Waals surface area contributed by atoms with E-state index in [9.17, 15) is 0 Å². The highest BCUT2D eigenvalue weighted by molar-refractivity contribution is 5.52. The number of hydrogen-bond donors (Lipinski definition) is 1. The van der Waals surface area contributed by atoms with E-state index in [0.29, 0.717) is 12.4 Å². The zero-order valence-corrected chi connectivity index (χ0v) is 10.7. The fraction of sp³-hybridized carbons (Fsp3) is 0.357. The second kappa shape index (κ2) is 5.80. The van der Waals surface area contributed by atoms with Crippen molar-refractivity contribution in [2.75, 3.05) is 13.7 Å². The van der Waals surface area contributed by atoms with E-state index in [-0.39, 0.29) is 12.6 Å². The first-order valence-electron chi connectivity index (χ1n) is 6.01. The maximum Gasteiger partial charge on any atom is 0.226 e. The molecule has 1 unspecified atom stereocenters. The van der Waals surface area contributed by atoms with Crippen LogP contribution in [0.25, 0.3) is 11.5 Å². The molecule has 1 aromatic carbocycles. The quantitative estimate of drug-likeness (QED) is 0.878. The highest BCUT2D eigenvalue weighted by Crippen LogP contribution is 2.18. The van der Waals surface area contributed by atoms with E-state index >= 15 is 0 Å². The van der Waals surface area contributed by atoms with Crippen molar-refractivity contribution in [2.24, 2.45) is 0 Å². The topological polar surface area (TPSA) is 49.5 Å². The second-order valence-electron chi connectivity index (χ2n) is 4.46. The molecular weight excluding hydrogens is 228 g/mol. The number of rotatable bonds is 5. The smallest absolute Gasteiger partial charge is 0.226 e. The second-order valence-corrected chi connectivity index (χ2v) is 4.46. The van der Waals surface area contributed by atoms with E-state index in [4.69, 9.17) is 9.52 Å². The first-order valence-corrected chi connectivity index (χ1v) is 6.01. The summed E-state index contributed by atoms with van der Waals surface area (Å²) in [5.41, 5.74) is 1.85. The van der Waals surface area contributed by atoms with Crippen molar-refractivity contribution in [3.8, 4) is 11.5 Å². The van der Waals surface area contributed by atoms with Gasteiger partial charge in [-0.2, -0.15) is 0 Å². The van der Waals surface area contributed by atoms with Crippen LogP contribution in [-0.4, -0.2) is 34.7 Å². The van der Waals surface area contributed by atoms with Crippen LogP contribution < -0.4 is 0 Å². The molecule has 0 saturated carbocycles. The van der Waals surface area contributed by atoms with Crippen molar-refractivity contribution in [2.45, 2.75) is 19.5 Å². The molecule has 0 fully saturated rings. The predicted octanol–water partition coefficient (Wildman–Crippen LogP) is 2.15. The summed E-state index contributed by atoms with van der Waals surface area (Å²) >= 11 is 0. The van der Waals surface area contributed by atoms with Crippen molar-refractivity contribution >= 4 is 0 Å². The summed E-state index contributed by atoms with van der Waals surface area (Å²) in [4.78, 5) is 6.48. The largest absolute Gasteiger partial charge is 0.444 e. The third kappa shape index (κ3) is 2.97. The van der Waals surface area contributed by atoms with Crippen LogP contribution in [0.2, 0.25) is 0 Å². The van der Waals surface area contributed by atoms with Crippen LogP contribution in [0.15, 0.2) is 41.0 Å². The molecule has 0 aliphatic heterocycles. The predicted molar refractivity (Wildman–Crippen MR) is 70.0 cm³/mol. The first-order chi connectivity index (χ1) is 8.70. The summed E-state index contributed by atoms with van der Waals surface area (Å²) in [5.74, 6) is 0.635. The summed E-state index contributed by atoms with van der Waals surface area (Å²) in [6, 6.07) is 9.93. The molecule has 0 spiro atoms. The van der Waals surface area contributed by atoms with Crippen LogP contribution in [0.1, 0.15) is 12.6 Å². The zero-order chi connectivity index (χ0) is 13.0. The highest BCUT2D eigenvalue weighted by Gasteiger charge is 2.12. The van der Waals surface area contributed by atoms with E-state index in [1.807, 2.05) is 49.2 Å². The summed E-state index contributed by atoms with van der Waals surface area (Å²) in [6.07, 6.45) is 1.67. The Bertz CT molecular complexity index is 482. The SMILES string of the molecule is CC(CO)N(C)Cc1coc(-c2ccccc2)n1. The standard InChI is InChI=1S/C14H18N2O2/c1-11(9-17)16(2)8-13-10-18-14(15-13)12-6-4-3-5-7-12/h3-7,10-11,17H,8-9H2,1-2H3. The molecule has 18 heavy (non-hydrogen) atoms. The van der Waals surface area contributed by atoms with Gasteiger partial charge in [0.25, 0.3) is 0 Å². The molecule has 0 saturated heterocycles. The fourth-order valence-electron chi connectivity index (χ4n) is 1.64. The highest BCUT2D eigenvalue weighted by atomic mass is 16.3. The molecule has 2 aromatic rings. The molecule has 1 aromatic heterocycles. The molecule has 0 amide bonds. The fourth-order valence-corrected chi connectivity index (χ4v) is 1.64. The molecule has 1 heterocycles. The molecule has 96 valence electrons. The van der Waals surface area contributed by atoms with Gasteiger partial charge in [-0.3, -0.25) is 4.90 Å². The van der Waals surface area contributed by atoms with E-state index in [0.717, 1.165) is 11.3 Å². The third-order valence-electron chi connectivity index (χ3n) is 3.00. The average Bonchev–Trinajstić information content (AvgIpc) is 2.87. The Morgan fingerprint density at radius 2 is 2.06 bits per heavy atom. The van der Waals surface area contributed by atoms with Crippen LogP contribution >= 0.6 is 0 Å². The lowest BCUT2D eigenvalue weighted by molar-refractivity contribution is 0.153. The van der Waals surface area contributed by atoms with Gasteiger partial charge >= 0.3 is 0 Å². The van der Waals surface area contributed by atoms with Crippen LogP contribution in [0.4, 0.5) is 0 Å². The van der Waals surface area contributed by atoms with Gasteiger partial charge in [-0.05, 0) is 26.1 Å². The average molecular weight is 246 g/mol. The number of aromatic nitrogens is 1. The number of likely N-dealkylation sites (N-methyl/N-ethyl adjacent to an activating group) is 1. The molecular formula is C14H18N2O2. The minimum atomic E-state index is 0.113. The van der Waals surface area contributed by atoms with E-state index in [2.05, 4.69) is 4.98 Å². The van der Waals surface area contributed by atoms with Gasteiger partial charge in [0.1, 0.15) is 6.26 Å². The van der Waals surface area contributed by atoms with Gasteiger partial charge in [-0.25, -0.2) is 4.98 Å². The number of oxazole rings is 1. The molecule has 4 nitrogen and oxygen atoms in total. The van der Waals surface area contributed by atoms with Crippen LogP contribution in [0, 0.1) is 0 Å². The van der Waals surface area contributed by atoms with E-state index in [1.165, 1.54) is 0 Å². The number of nitrogens with zero attached hydrogens (tertiary/aromatic N) is 2. The van der Waals surface area contributed by atoms with Crippen molar-refractivity contribution in [3.63, 3.8) is 0 Å². The van der Waals surface area contributed by atoms with Gasteiger partial charge in [-0.15, -0.1) is 0 Å². The molecule has 1 atom stereocenters. The van der Waals surface area contributed by atoms with Gasteiger partial charge < -0.3 is 9.52 Å². The first kappa shape index (κ1) is 12.8. The van der Waals surface area contributed by atoms with Gasteiger partial charge in [0.15, 0.2) is 0 Å². The Labute approximate surface area is 107 Å². The molecule has 0 bridgehead atoms. The molecule has 4 heteroatoms. The monoisotopic (exact) mass is 246 g/mol. The van der Waals surface area contributed by atoms with Crippen LogP contribution in [0.3, 0.4) is 0 Å². The normalized spacial score (nSPS) is 12.9. The molecule has 2 rings (SSSR count). The summed E-state index contributed by atoms with van der Waals surface area (Å²) in [6.45, 7) is 2.77. The lowest BCUT2D eigenvalue weighted by atomic mass is 10.2. The van der Waals surface area contributed by atoms with Gasteiger partial charge in [0, 0.05) is 18.2 Å². The molecule has 0 radical (unpaired) electrons. The lowest BCUT2D eigenvalue weighted by Crippen LogP contribution is -2.31. The van der Waals surface area contributed by atoms with Crippen molar-refractivity contribution in [1.82, 2.24) is 9.88 Å². The minimum Gasteiger partial charge on any atom is -0.444 e. The molecule has 1 N–H and O–H groups in total. The maximum atomic E-state index is 9.08. The number of aliphatic hydroxyl groups is 1. The Morgan fingerprint density at radius 3 is 2.72 bits per heavy atom. The van der Waals surface area contributed by atoms with Gasteiger partial charge in [-0.1, -0.05) is 18.2 Å². The van der Waals surface area contributed by atoms with E-state index < -0.39 is 0 Å². The van der Waals surface area contributed by atoms with Crippen molar-refractivity contribution < 1.29 is 9.52 Å². The minimum absolute atomic E-state index is 0.113. The zero-order valence-electron chi connectivity index (χ0n) is 10.7. The van der Waals surface area contributed by atoms with Crippen molar-refractivity contribution in [1.29, 1.82) is 0 Å². The Morgan fingerprint density at radius 1 is 1.33 bits per heavy atom. The Hall–Kier alpha value is -1.65. The van der Waals surface area contributed by atoms with Gasteiger partial charge in [0.05, 0.1) is 12.3 Å². The van der Waals surface area contributed by atoms with E-state index in [1.54, 1.807) is 6.26 Å². The third-order valence-corrected chi connectivity index (χ3v) is 3.00. The molecule has 0 aliphatic carbocycles. The number of hydrogen-bond acceptors (Lipinski definition) is 4. The number of benzene rings is 1. The number of aliphatic hydroxyl groups excluding tert-OH is 1. The van der Waals surface area contributed by atoms with Crippen LogP contribution in [0.5, 0.6) is 0 Å². The summed E-state index contributed by atoms with van der Waals surface area (Å²) < 4.78 is 5.46.